The number of aromatic nitrogens is 1. The van der Waals surface area contributed by atoms with Crippen LogP contribution < -0.4 is 5.32 Å². The van der Waals surface area contributed by atoms with Gasteiger partial charge in [0.05, 0.1) is 11.9 Å². The van der Waals surface area contributed by atoms with Gasteiger partial charge in [0, 0.05) is 5.69 Å². The normalized spacial score (nSPS) is 9.92. The molecule has 0 fully saturated rings. The Hall–Kier alpha value is -1.84. The minimum atomic E-state index is -0.254. The lowest BCUT2D eigenvalue weighted by Gasteiger charge is -2.00. The van der Waals surface area contributed by atoms with Crippen LogP contribution in [0.4, 0.5) is 15.8 Å². The van der Waals surface area contributed by atoms with Crippen molar-refractivity contribution in [2.45, 2.75) is 0 Å². The lowest BCUT2D eigenvalue weighted by Crippen LogP contribution is -1.87. The summed E-state index contributed by atoms with van der Waals surface area (Å²) in [7, 11) is 0. The van der Waals surface area contributed by atoms with Crippen LogP contribution >= 0.6 is 0 Å². The van der Waals surface area contributed by atoms with Crippen LogP contribution in [0.1, 0.15) is 0 Å². The molecule has 0 bridgehead atoms. The molecule has 0 aliphatic heterocycles. The summed E-state index contributed by atoms with van der Waals surface area (Å²) < 4.78 is 17.1. The SMILES string of the molecule is Fc1ccc(Nc2cnoc2)cc1. The van der Waals surface area contributed by atoms with Crippen molar-refractivity contribution in [2.75, 3.05) is 5.32 Å². The molecule has 1 aromatic heterocycles. The number of nitrogens with one attached hydrogen (secondary N) is 1. The van der Waals surface area contributed by atoms with E-state index in [4.69, 9.17) is 0 Å². The molecule has 0 saturated heterocycles. The molecule has 0 amide bonds. The molecule has 0 aliphatic rings. The highest BCUT2D eigenvalue weighted by molar-refractivity contribution is 5.56. The van der Waals surface area contributed by atoms with E-state index in [2.05, 4.69) is 15.0 Å². The van der Waals surface area contributed by atoms with Crippen molar-refractivity contribution in [1.82, 2.24) is 5.16 Å². The molecule has 66 valence electrons. The van der Waals surface area contributed by atoms with E-state index >= 15 is 0 Å². The third-order valence-electron chi connectivity index (χ3n) is 1.57. The Morgan fingerprint density at radius 2 is 1.92 bits per heavy atom. The Bertz CT molecular complexity index is 369. The van der Waals surface area contributed by atoms with Crippen LogP contribution in [-0.4, -0.2) is 5.16 Å². The third-order valence-corrected chi connectivity index (χ3v) is 1.57. The van der Waals surface area contributed by atoms with Gasteiger partial charge >= 0.3 is 0 Å². The first-order valence-electron chi connectivity index (χ1n) is 3.76. The van der Waals surface area contributed by atoms with Crippen molar-refractivity contribution in [3.05, 3.63) is 42.5 Å². The third kappa shape index (κ3) is 1.84. The number of hydrogen-bond acceptors (Lipinski definition) is 3. The van der Waals surface area contributed by atoms with Gasteiger partial charge in [-0.2, -0.15) is 0 Å². The second-order valence-corrected chi connectivity index (χ2v) is 2.55. The molecule has 1 aromatic carbocycles. The number of benzene rings is 1. The minimum Gasteiger partial charge on any atom is -0.363 e. The second kappa shape index (κ2) is 3.26. The molecule has 0 saturated carbocycles. The van der Waals surface area contributed by atoms with Gasteiger partial charge in [-0.05, 0) is 24.3 Å². The lowest BCUT2D eigenvalue weighted by molar-refractivity contribution is 0.420. The fraction of sp³-hybridized carbons (Fsp3) is 0. The highest BCUT2D eigenvalue weighted by Gasteiger charge is 1.96. The van der Waals surface area contributed by atoms with E-state index in [9.17, 15) is 4.39 Å². The first-order chi connectivity index (χ1) is 6.34. The van der Waals surface area contributed by atoms with Gasteiger partial charge in [0.25, 0.3) is 0 Å². The maximum atomic E-state index is 12.5. The lowest BCUT2D eigenvalue weighted by atomic mass is 10.3. The van der Waals surface area contributed by atoms with E-state index < -0.39 is 0 Å². The number of nitrogens with zero attached hydrogens (tertiary/aromatic N) is 1. The zero-order chi connectivity index (χ0) is 9.10. The molecule has 4 heteroatoms. The van der Waals surface area contributed by atoms with Crippen molar-refractivity contribution < 1.29 is 8.91 Å². The molecule has 0 spiro atoms. The van der Waals surface area contributed by atoms with Crippen LogP contribution in [0.25, 0.3) is 0 Å². The highest BCUT2D eigenvalue weighted by atomic mass is 19.1. The number of anilines is 2. The van der Waals surface area contributed by atoms with E-state index in [0.29, 0.717) is 0 Å². The minimum absolute atomic E-state index is 0.254. The Morgan fingerprint density at radius 1 is 1.15 bits per heavy atom. The van der Waals surface area contributed by atoms with Gasteiger partial charge in [-0.3, -0.25) is 0 Å². The quantitative estimate of drug-likeness (QED) is 0.767. The number of rotatable bonds is 2. The summed E-state index contributed by atoms with van der Waals surface area (Å²) in [4.78, 5) is 0. The predicted molar refractivity (Wildman–Crippen MR) is 46.2 cm³/mol. The first-order valence-corrected chi connectivity index (χ1v) is 3.76. The van der Waals surface area contributed by atoms with Gasteiger partial charge in [-0.1, -0.05) is 5.16 Å². The molecular weight excluding hydrogens is 171 g/mol. The van der Waals surface area contributed by atoms with Crippen molar-refractivity contribution in [1.29, 1.82) is 0 Å². The number of hydrogen-bond donors (Lipinski definition) is 1. The van der Waals surface area contributed by atoms with E-state index in [1.165, 1.54) is 18.4 Å². The molecule has 2 rings (SSSR count). The van der Waals surface area contributed by atoms with Gasteiger partial charge in [0.1, 0.15) is 12.1 Å². The molecule has 1 heterocycles. The topological polar surface area (TPSA) is 38.1 Å². The first kappa shape index (κ1) is 7.79. The predicted octanol–water partition coefficient (Wildman–Crippen LogP) is 2.56. The smallest absolute Gasteiger partial charge is 0.147 e. The Balaban J connectivity index is 2.15. The molecule has 0 radical (unpaired) electrons. The van der Waals surface area contributed by atoms with Gasteiger partial charge in [-0.15, -0.1) is 0 Å². The summed E-state index contributed by atoms with van der Waals surface area (Å²) in [6.45, 7) is 0. The van der Waals surface area contributed by atoms with Gasteiger partial charge in [0.2, 0.25) is 0 Å². The summed E-state index contributed by atoms with van der Waals surface area (Å²) >= 11 is 0. The van der Waals surface area contributed by atoms with E-state index in [-0.39, 0.29) is 5.82 Å². The standard InChI is InChI=1S/C9H7FN2O/c10-7-1-3-8(4-2-7)12-9-5-11-13-6-9/h1-6,12H. The molecule has 1 N–H and O–H groups in total. The summed E-state index contributed by atoms with van der Waals surface area (Å²) in [5, 5.41) is 6.51. The van der Waals surface area contributed by atoms with E-state index in [1.807, 2.05) is 0 Å². The van der Waals surface area contributed by atoms with Crippen LogP contribution in [0.15, 0.2) is 41.2 Å². The number of halogens is 1. The van der Waals surface area contributed by atoms with Crippen LogP contribution in [-0.2, 0) is 0 Å². The average molecular weight is 178 g/mol. The van der Waals surface area contributed by atoms with Crippen molar-refractivity contribution >= 4 is 11.4 Å². The summed E-state index contributed by atoms with van der Waals surface area (Å²) in [6.07, 6.45) is 3.02. The fourth-order valence-corrected chi connectivity index (χ4v) is 0.966. The molecular formula is C9H7FN2O. The summed E-state index contributed by atoms with van der Waals surface area (Å²) in [5.41, 5.74) is 1.54. The van der Waals surface area contributed by atoms with Gasteiger partial charge < -0.3 is 9.84 Å². The average Bonchev–Trinajstić information content (AvgIpc) is 2.62. The van der Waals surface area contributed by atoms with Crippen LogP contribution in [0.2, 0.25) is 0 Å². The molecule has 13 heavy (non-hydrogen) atoms. The Labute approximate surface area is 74.2 Å². The maximum Gasteiger partial charge on any atom is 0.147 e. The van der Waals surface area contributed by atoms with Crippen LogP contribution in [0, 0.1) is 5.82 Å². The maximum absolute atomic E-state index is 12.5. The molecule has 3 nitrogen and oxygen atoms in total. The Kier molecular flexibility index (Phi) is 1.96. The zero-order valence-electron chi connectivity index (χ0n) is 6.70. The van der Waals surface area contributed by atoms with Crippen molar-refractivity contribution in [3.63, 3.8) is 0 Å². The van der Waals surface area contributed by atoms with E-state index in [0.717, 1.165) is 11.4 Å². The fourth-order valence-electron chi connectivity index (χ4n) is 0.966. The van der Waals surface area contributed by atoms with E-state index in [1.54, 1.807) is 18.3 Å². The summed E-state index contributed by atoms with van der Waals surface area (Å²) in [5.74, 6) is -0.254. The molecule has 0 aliphatic carbocycles. The molecule has 0 atom stereocenters. The van der Waals surface area contributed by atoms with Crippen molar-refractivity contribution in [2.24, 2.45) is 0 Å². The van der Waals surface area contributed by atoms with Crippen LogP contribution in [0.3, 0.4) is 0 Å². The molecule has 2 aromatic rings. The zero-order valence-corrected chi connectivity index (χ0v) is 6.70. The Morgan fingerprint density at radius 3 is 2.54 bits per heavy atom. The second-order valence-electron chi connectivity index (χ2n) is 2.55. The monoisotopic (exact) mass is 178 g/mol. The largest absolute Gasteiger partial charge is 0.363 e. The van der Waals surface area contributed by atoms with Crippen LogP contribution in [0.5, 0.6) is 0 Å². The van der Waals surface area contributed by atoms with Crippen molar-refractivity contribution in [3.8, 4) is 0 Å². The molecule has 0 unspecified atom stereocenters. The summed E-state index contributed by atoms with van der Waals surface area (Å²) in [6, 6.07) is 6.05. The highest BCUT2D eigenvalue weighted by Crippen LogP contribution is 2.15. The van der Waals surface area contributed by atoms with Gasteiger partial charge in [-0.25, -0.2) is 4.39 Å². The van der Waals surface area contributed by atoms with Gasteiger partial charge in [0.15, 0.2) is 0 Å².